The summed E-state index contributed by atoms with van der Waals surface area (Å²) < 4.78 is 5.59. The number of nitrogens with zero attached hydrogens (tertiary/aromatic N) is 1. The van der Waals surface area contributed by atoms with Gasteiger partial charge < -0.3 is 9.64 Å². The Labute approximate surface area is 98.9 Å². The van der Waals surface area contributed by atoms with Crippen molar-refractivity contribution in [3.63, 3.8) is 0 Å². The molecule has 1 aliphatic heterocycles. The van der Waals surface area contributed by atoms with E-state index in [2.05, 4.69) is 25.7 Å². The number of hydrogen-bond acceptors (Lipinski definition) is 2. The summed E-state index contributed by atoms with van der Waals surface area (Å²) in [7, 11) is 0. The van der Waals surface area contributed by atoms with Crippen LogP contribution in [0.4, 0.5) is 0 Å². The smallest absolute Gasteiger partial charge is 0.0593 e. The van der Waals surface area contributed by atoms with Gasteiger partial charge in [-0.1, -0.05) is 20.8 Å². The molecule has 0 aliphatic carbocycles. The van der Waals surface area contributed by atoms with Crippen LogP contribution in [-0.2, 0) is 4.74 Å². The molecular formula is C12H24ClNO. The zero-order chi connectivity index (χ0) is 11.3. The lowest BCUT2D eigenvalue weighted by Gasteiger charge is -2.33. The number of likely N-dealkylation sites (tertiary alicyclic amines) is 1. The van der Waals surface area contributed by atoms with Crippen molar-refractivity contribution in [3.05, 3.63) is 0 Å². The molecule has 15 heavy (non-hydrogen) atoms. The van der Waals surface area contributed by atoms with Gasteiger partial charge in [0.2, 0.25) is 0 Å². The van der Waals surface area contributed by atoms with Gasteiger partial charge in [-0.2, -0.15) is 0 Å². The van der Waals surface area contributed by atoms with Gasteiger partial charge in [0.15, 0.2) is 0 Å². The van der Waals surface area contributed by atoms with Gasteiger partial charge in [0, 0.05) is 25.1 Å². The fourth-order valence-corrected chi connectivity index (χ4v) is 2.10. The van der Waals surface area contributed by atoms with Gasteiger partial charge in [0.25, 0.3) is 0 Å². The second-order valence-electron chi connectivity index (χ2n) is 5.05. The minimum absolute atomic E-state index is 0.373. The summed E-state index contributed by atoms with van der Waals surface area (Å²) in [4.78, 5) is 2.46. The quantitative estimate of drug-likeness (QED) is 0.535. The Morgan fingerprint density at radius 3 is 2.80 bits per heavy atom. The normalized spacial score (nSPS) is 28.6. The van der Waals surface area contributed by atoms with Gasteiger partial charge in [-0.15, -0.1) is 11.6 Å². The van der Waals surface area contributed by atoms with Crippen LogP contribution in [0.25, 0.3) is 0 Å². The Bertz CT molecular complexity index is 175. The lowest BCUT2D eigenvalue weighted by Crippen LogP contribution is -2.41. The van der Waals surface area contributed by atoms with Gasteiger partial charge >= 0.3 is 0 Å². The number of rotatable bonds is 5. The van der Waals surface area contributed by atoms with Crippen molar-refractivity contribution in [2.24, 2.45) is 11.8 Å². The minimum Gasteiger partial charge on any atom is -0.380 e. The van der Waals surface area contributed by atoms with Crippen LogP contribution < -0.4 is 0 Å². The molecule has 0 N–H and O–H groups in total. The highest BCUT2D eigenvalue weighted by atomic mass is 35.5. The van der Waals surface area contributed by atoms with Crippen LogP contribution in [0.3, 0.4) is 0 Å². The zero-order valence-electron chi connectivity index (χ0n) is 10.2. The van der Waals surface area contributed by atoms with E-state index < -0.39 is 0 Å². The molecule has 90 valence electrons. The molecule has 0 radical (unpaired) electrons. The van der Waals surface area contributed by atoms with Gasteiger partial charge in [0.1, 0.15) is 0 Å². The summed E-state index contributed by atoms with van der Waals surface area (Å²) in [5.41, 5.74) is 0. The Hall–Kier alpha value is 0.210. The van der Waals surface area contributed by atoms with Crippen molar-refractivity contribution < 1.29 is 4.74 Å². The van der Waals surface area contributed by atoms with Gasteiger partial charge in [-0.3, -0.25) is 0 Å². The van der Waals surface area contributed by atoms with Gasteiger partial charge in [-0.05, 0) is 24.8 Å². The van der Waals surface area contributed by atoms with E-state index in [-0.39, 0.29) is 0 Å². The summed E-state index contributed by atoms with van der Waals surface area (Å²) in [6.45, 7) is 11.6. The average molecular weight is 234 g/mol. The largest absolute Gasteiger partial charge is 0.380 e. The van der Waals surface area contributed by atoms with Crippen molar-refractivity contribution in [1.82, 2.24) is 4.90 Å². The molecule has 1 heterocycles. The molecule has 0 spiro atoms. The Morgan fingerprint density at radius 2 is 2.20 bits per heavy atom. The highest BCUT2D eigenvalue weighted by molar-refractivity contribution is 6.20. The molecule has 2 atom stereocenters. The maximum absolute atomic E-state index is 6.18. The third-order valence-corrected chi connectivity index (χ3v) is 3.54. The zero-order valence-corrected chi connectivity index (χ0v) is 11.0. The molecule has 1 rings (SSSR count). The first-order valence-corrected chi connectivity index (χ1v) is 6.47. The Morgan fingerprint density at radius 1 is 1.47 bits per heavy atom. The van der Waals surface area contributed by atoms with Crippen LogP contribution in [0.15, 0.2) is 0 Å². The Kier molecular flexibility index (Phi) is 5.95. The molecule has 2 unspecified atom stereocenters. The molecule has 1 fully saturated rings. The van der Waals surface area contributed by atoms with Crippen LogP contribution in [0, 0.1) is 11.8 Å². The van der Waals surface area contributed by atoms with Gasteiger partial charge in [-0.25, -0.2) is 0 Å². The van der Waals surface area contributed by atoms with E-state index in [1.54, 1.807) is 0 Å². The third kappa shape index (κ3) is 5.19. The standard InChI is InChI=1S/C12H24ClNO/c1-10(2)9-15-7-6-14-5-4-12(13)11(3)8-14/h10-12H,4-9H2,1-3H3. The molecule has 0 aromatic heterocycles. The lowest BCUT2D eigenvalue weighted by molar-refractivity contribution is 0.0735. The van der Waals surface area contributed by atoms with Crippen molar-refractivity contribution in [2.45, 2.75) is 32.6 Å². The molecule has 0 aromatic rings. The van der Waals surface area contributed by atoms with E-state index in [9.17, 15) is 0 Å². The molecular weight excluding hydrogens is 210 g/mol. The first kappa shape index (κ1) is 13.3. The van der Waals surface area contributed by atoms with Crippen molar-refractivity contribution >= 4 is 11.6 Å². The maximum atomic E-state index is 6.18. The molecule has 1 saturated heterocycles. The predicted octanol–water partition coefficient (Wildman–Crippen LogP) is 2.61. The SMILES string of the molecule is CC(C)COCCN1CCC(Cl)C(C)C1. The second-order valence-corrected chi connectivity index (χ2v) is 5.61. The summed E-state index contributed by atoms with van der Waals surface area (Å²) >= 11 is 6.18. The molecule has 0 saturated carbocycles. The maximum Gasteiger partial charge on any atom is 0.0593 e. The number of hydrogen-bond donors (Lipinski definition) is 0. The van der Waals surface area contributed by atoms with E-state index in [0.29, 0.717) is 17.2 Å². The summed E-state index contributed by atoms with van der Waals surface area (Å²) in [6.07, 6.45) is 1.12. The average Bonchev–Trinajstić information content (AvgIpc) is 2.18. The minimum atomic E-state index is 0.373. The fraction of sp³-hybridized carbons (Fsp3) is 1.00. The Balaban J connectivity index is 2.07. The number of halogens is 1. The van der Waals surface area contributed by atoms with Crippen LogP contribution in [-0.4, -0.2) is 43.1 Å². The topological polar surface area (TPSA) is 12.5 Å². The number of alkyl halides is 1. The summed E-state index contributed by atoms with van der Waals surface area (Å²) in [6, 6.07) is 0. The molecule has 0 aromatic carbocycles. The van der Waals surface area contributed by atoms with E-state index in [1.165, 1.54) is 0 Å². The van der Waals surface area contributed by atoms with E-state index >= 15 is 0 Å². The van der Waals surface area contributed by atoms with Crippen LogP contribution in [0.2, 0.25) is 0 Å². The number of piperidine rings is 1. The van der Waals surface area contributed by atoms with Crippen LogP contribution in [0.5, 0.6) is 0 Å². The summed E-state index contributed by atoms with van der Waals surface area (Å²) in [5, 5.41) is 0.373. The highest BCUT2D eigenvalue weighted by Crippen LogP contribution is 2.21. The van der Waals surface area contributed by atoms with Crippen molar-refractivity contribution in [3.8, 4) is 0 Å². The van der Waals surface area contributed by atoms with E-state index in [4.69, 9.17) is 16.3 Å². The second kappa shape index (κ2) is 6.72. The highest BCUT2D eigenvalue weighted by Gasteiger charge is 2.23. The molecule has 1 aliphatic rings. The van der Waals surface area contributed by atoms with Gasteiger partial charge in [0.05, 0.1) is 6.61 Å². The molecule has 2 nitrogen and oxygen atoms in total. The summed E-state index contributed by atoms with van der Waals surface area (Å²) in [5.74, 6) is 1.25. The predicted molar refractivity (Wildman–Crippen MR) is 65.5 cm³/mol. The van der Waals surface area contributed by atoms with E-state index in [1.807, 2.05) is 0 Å². The lowest BCUT2D eigenvalue weighted by atomic mass is 10.00. The monoisotopic (exact) mass is 233 g/mol. The molecule has 3 heteroatoms. The first-order valence-electron chi connectivity index (χ1n) is 6.03. The first-order chi connectivity index (χ1) is 7.09. The van der Waals surface area contributed by atoms with E-state index in [0.717, 1.165) is 39.3 Å². The third-order valence-electron chi connectivity index (χ3n) is 2.89. The fourth-order valence-electron chi connectivity index (χ4n) is 1.92. The number of ether oxygens (including phenoxy) is 1. The molecule has 0 amide bonds. The van der Waals surface area contributed by atoms with Crippen LogP contribution >= 0.6 is 11.6 Å². The molecule has 0 bridgehead atoms. The van der Waals surface area contributed by atoms with Crippen molar-refractivity contribution in [2.75, 3.05) is 32.8 Å². The van der Waals surface area contributed by atoms with Crippen LogP contribution in [0.1, 0.15) is 27.2 Å². The van der Waals surface area contributed by atoms with Crippen molar-refractivity contribution in [1.29, 1.82) is 0 Å².